The average Bonchev–Trinajstić information content (AvgIpc) is 3.21. The van der Waals surface area contributed by atoms with Crippen LogP contribution >= 0.6 is 11.3 Å². The van der Waals surface area contributed by atoms with Gasteiger partial charge in [0.25, 0.3) is 5.91 Å². The standard InChI is InChI=1S/C26H24N2O2S/c1-3-19-7-9-20(10-8-19)16-24-17-27-26(31-24)28-25(29)21-11-13-22(14-12-21)30-23-6-4-5-18(2)15-23/h4-15,17H,3,16H2,1-2H3,(H,27,28,29). The lowest BCUT2D eigenvalue weighted by molar-refractivity contribution is 0.102. The van der Waals surface area contributed by atoms with Gasteiger partial charge in [0.05, 0.1) is 0 Å². The van der Waals surface area contributed by atoms with E-state index in [0.29, 0.717) is 16.4 Å². The Hall–Kier alpha value is -3.44. The van der Waals surface area contributed by atoms with Gasteiger partial charge >= 0.3 is 0 Å². The summed E-state index contributed by atoms with van der Waals surface area (Å²) in [5.74, 6) is 1.28. The number of nitrogens with one attached hydrogen (secondary N) is 1. The third-order valence-electron chi connectivity index (χ3n) is 4.93. The van der Waals surface area contributed by atoms with Crippen LogP contribution in [0.15, 0.2) is 79.0 Å². The zero-order valence-corrected chi connectivity index (χ0v) is 18.4. The normalized spacial score (nSPS) is 10.6. The monoisotopic (exact) mass is 428 g/mol. The maximum absolute atomic E-state index is 12.6. The Kier molecular flexibility index (Phi) is 6.43. The molecule has 4 rings (SSSR count). The Morgan fingerprint density at radius 2 is 1.71 bits per heavy atom. The Bertz CT molecular complexity index is 1160. The Morgan fingerprint density at radius 3 is 2.42 bits per heavy atom. The number of aryl methyl sites for hydroxylation is 2. The summed E-state index contributed by atoms with van der Waals surface area (Å²) in [5, 5.41) is 3.49. The van der Waals surface area contributed by atoms with Crippen LogP contribution in [0, 0.1) is 6.92 Å². The highest BCUT2D eigenvalue weighted by molar-refractivity contribution is 7.15. The van der Waals surface area contributed by atoms with E-state index in [0.717, 1.165) is 29.0 Å². The van der Waals surface area contributed by atoms with Crippen LogP contribution in [0.2, 0.25) is 0 Å². The molecule has 1 amide bonds. The van der Waals surface area contributed by atoms with E-state index in [1.807, 2.05) is 37.4 Å². The van der Waals surface area contributed by atoms with E-state index in [1.165, 1.54) is 22.5 Å². The Balaban J connectivity index is 1.35. The summed E-state index contributed by atoms with van der Waals surface area (Å²) in [6.07, 6.45) is 3.67. The van der Waals surface area contributed by atoms with Crippen molar-refractivity contribution in [2.75, 3.05) is 5.32 Å². The van der Waals surface area contributed by atoms with Gasteiger partial charge in [0.2, 0.25) is 0 Å². The van der Waals surface area contributed by atoms with Gasteiger partial charge in [0, 0.05) is 23.1 Å². The van der Waals surface area contributed by atoms with Gasteiger partial charge in [0.1, 0.15) is 11.5 Å². The first-order chi connectivity index (χ1) is 15.1. The van der Waals surface area contributed by atoms with Gasteiger partial charge in [0.15, 0.2) is 5.13 Å². The largest absolute Gasteiger partial charge is 0.457 e. The quantitative estimate of drug-likeness (QED) is 0.358. The van der Waals surface area contributed by atoms with E-state index >= 15 is 0 Å². The summed E-state index contributed by atoms with van der Waals surface area (Å²) in [6.45, 7) is 4.17. The van der Waals surface area contributed by atoms with E-state index in [4.69, 9.17) is 4.74 Å². The van der Waals surface area contributed by atoms with Gasteiger partial charge in [-0.1, -0.05) is 43.3 Å². The second kappa shape index (κ2) is 9.58. The number of ether oxygens (including phenoxy) is 1. The van der Waals surface area contributed by atoms with Crippen LogP contribution in [0.25, 0.3) is 0 Å². The maximum atomic E-state index is 12.6. The van der Waals surface area contributed by atoms with Crippen molar-refractivity contribution in [3.05, 3.63) is 106 Å². The van der Waals surface area contributed by atoms with Crippen molar-refractivity contribution in [1.82, 2.24) is 4.98 Å². The average molecular weight is 429 g/mol. The summed E-state index contributed by atoms with van der Waals surface area (Å²) in [5.41, 5.74) is 4.26. The molecule has 0 saturated carbocycles. The molecule has 0 radical (unpaired) electrons. The molecule has 1 aromatic heterocycles. The molecule has 4 nitrogen and oxygen atoms in total. The minimum absolute atomic E-state index is 0.185. The molecule has 0 unspecified atom stereocenters. The fraction of sp³-hybridized carbons (Fsp3) is 0.154. The number of hydrogen-bond donors (Lipinski definition) is 1. The third kappa shape index (κ3) is 5.58. The molecule has 1 N–H and O–H groups in total. The number of anilines is 1. The molecule has 31 heavy (non-hydrogen) atoms. The van der Waals surface area contributed by atoms with E-state index in [2.05, 4.69) is 41.5 Å². The number of aromatic nitrogens is 1. The van der Waals surface area contributed by atoms with Crippen LogP contribution < -0.4 is 10.1 Å². The number of carbonyl (C=O) groups is 1. The van der Waals surface area contributed by atoms with E-state index in [1.54, 1.807) is 24.3 Å². The number of benzene rings is 3. The third-order valence-corrected chi connectivity index (χ3v) is 5.84. The zero-order valence-electron chi connectivity index (χ0n) is 17.6. The lowest BCUT2D eigenvalue weighted by Gasteiger charge is -2.07. The van der Waals surface area contributed by atoms with Crippen molar-refractivity contribution in [2.24, 2.45) is 0 Å². The fourth-order valence-electron chi connectivity index (χ4n) is 3.20. The topological polar surface area (TPSA) is 51.2 Å². The van der Waals surface area contributed by atoms with Crippen molar-refractivity contribution in [1.29, 1.82) is 0 Å². The van der Waals surface area contributed by atoms with E-state index in [9.17, 15) is 4.79 Å². The second-order valence-electron chi connectivity index (χ2n) is 7.38. The summed E-state index contributed by atoms with van der Waals surface area (Å²) >= 11 is 1.50. The molecule has 0 fully saturated rings. The fourth-order valence-corrected chi connectivity index (χ4v) is 4.04. The molecular weight excluding hydrogens is 404 g/mol. The summed E-state index contributed by atoms with van der Waals surface area (Å²) in [7, 11) is 0. The lowest BCUT2D eigenvalue weighted by atomic mass is 10.1. The van der Waals surface area contributed by atoms with Crippen molar-refractivity contribution in [2.45, 2.75) is 26.7 Å². The van der Waals surface area contributed by atoms with Gasteiger partial charge < -0.3 is 4.74 Å². The zero-order chi connectivity index (χ0) is 21.6. The first-order valence-electron chi connectivity index (χ1n) is 10.3. The predicted molar refractivity (Wildman–Crippen MR) is 126 cm³/mol. The molecule has 4 aromatic rings. The summed E-state index contributed by atoms with van der Waals surface area (Å²) in [4.78, 5) is 18.0. The molecule has 3 aromatic carbocycles. The van der Waals surface area contributed by atoms with Gasteiger partial charge in [-0.05, 0) is 66.4 Å². The highest BCUT2D eigenvalue weighted by atomic mass is 32.1. The van der Waals surface area contributed by atoms with Gasteiger partial charge in [-0.15, -0.1) is 11.3 Å². The van der Waals surface area contributed by atoms with Crippen molar-refractivity contribution < 1.29 is 9.53 Å². The summed E-state index contributed by atoms with van der Waals surface area (Å²) < 4.78 is 5.84. The Labute approximate surface area is 186 Å². The first kappa shape index (κ1) is 20.8. The van der Waals surface area contributed by atoms with E-state index in [-0.39, 0.29) is 5.91 Å². The smallest absolute Gasteiger partial charge is 0.257 e. The van der Waals surface area contributed by atoms with Crippen LogP contribution in [-0.2, 0) is 12.8 Å². The highest BCUT2D eigenvalue weighted by Crippen LogP contribution is 2.24. The second-order valence-corrected chi connectivity index (χ2v) is 8.49. The van der Waals surface area contributed by atoms with Crippen LogP contribution in [-0.4, -0.2) is 10.9 Å². The molecule has 1 heterocycles. The number of amides is 1. The molecular formula is C26H24N2O2S. The van der Waals surface area contributed by atoms with Gasteiger partial charge in [-0.2, -0.15) is 0 Å². The van der Waals surface area contributed by atoms with Crippen LogP contribution in [0.5, 0.6) is 11.5 Å². The number of rotatable bonds is 7. The Morgan fingerprint density at radius 1 is 0.968 bits per heavy atom. The molecule has 5 heteroatoms. The van der Waals surface area contributed by atoms with Gasteiger partial charge in [-0.25, -0.2) is 4.98 Å². The number of hydrogen-bond acceptors (Lipinski definition) is 4. The minimum Gasteiger partial charge on any atom is -0.457 e. The maximum Gasteiger partial charge on any atom is 0.257 e. The van der Waals surface area contributed by atoms with Crippen molar-refractivity contribution in [3.63, 3.8) is 0 Å². The molecule has 0 atom stereocenters. The first-order valence-corrected chi connectivity index (χ1v) is 11.1. The molecule has 0 spiro atoms. The SMILES string of the molecule is CCc1ccc(Cc2cnc(NC(=O)c3ccc(Oc4cccc(C)c4)cc3)s2)cc1. The van der Waals surface area contributed by atoms with Crippen LogP contribution in [0.1, 0.15) is 38.8 Å². The van der Waals surface area contributed by atoms with Crippen molar-refractivity contribution >= 4 is 22.4 Å². The predicted octanol–water partition coefficient (Wildman–Crippen LogP) is 6.65. The number of nitrogens with zero attached hydrogens (tertiary/aromatic N) is 1. The van der Waals surface area contributed by atoms with E-state index < -0.39 is 0 Å². The van der Waals surface area contributed by atoms with Crippen LogP contribution in [0.3, 0.4) is 0 Å². The lowest BCUT2D eigenvalue weighted by Crippen LogP contribution is -2.11. The van der Waals surface area contributed by atoms with Crippen LogP contribution in [0.4, 0.5) is 5.13 Å². The molecule has 156 valence electrons. The molecule has 0 aliphatic heterocycles. The van der Waals surface area contributed by atoms with Crippen molar-refractivity contribution in [3.8, 4) is 11.5 Å². The molecule has 0 bridgehead atoms. The molecule has 0 aliphatic rings. The molecule has 0 saturated heterocycles. The highest BCUT2D eigenvalue weighted by Gasteiger charge is 2.10. The number of thiazole rings is 1. The van der Waals surface area contributed by atoms with Gasteiger partial charge in [-0.3, -0.25) is 10.1 Å². The molecule has 0 aliphatic carbocycles. The minimum atomic E-state index is -0.185. The summed E-state index contributed by atoms with van der Waals surface area (Å²) in [6, 6.07) is 23.6. The number of carbonyl (C=O) groups excluding carboxylic acids is 1.